The number of hydrogen-bond donors (Lipinski definition) is 3. The first-order valence-corrected chi connectivity index (χ1v) is 12.3. The third-order valence-corrected chi connectivity index (χ3v) is 6.64. The molecule has 1 unspecified atom stereocenters. The highest BCUT2D eigenvalue weighted by Crippen LogP contribution is 2.26. The van der Waals surface area contributed by atoms with Gasteiger partial charge in [-0.25, -0.2) is 13.6 Å². The molecule has 8 nitrogen and oxygen atoms in total. The van der Waals surface area contributed by atoms with Crippen molar-refractivity contribution in [1.82, 2.24) is 15.1 Å². The highest BCUT2D eigenvalue weighted by molar-refractivity contribution is 6.42. The number of anilines is 1. The van der Waals surface area contributed by atoms with Crippen LogP contribution in [0.4, 0.5) is 19.3 Å². The maximum atomic E-state index is 13.8. The van der Waals surface area contributed by atoms with E-state index in [-0.39, 0.29) is 30.2 Å². The van der Waals surface area contributed by atoms with Crippen molar-refractivity contribution in [2.75, 3.05) is 18.4 Å². The molecular formula is C26H23Cl2F2N5O3. The van der Waals surface area contributed by atoms with Gasteiger partial charge in [-0.3, -0.25) is 14.5 Å². The molecule has 12 heteroatoms. The molecule has 1 heterocycles. The van der Waals surface area contributed by atoms with Gasteiger partial charge in [-0.1, -0.05) is 47.5 Å². The molecule has 1 fully saturated rings. The molecule has 38 heavy (non-hydrogen) atoms. The van der Waals surface area contributed by atoms with Crippen molar-refractivity contribution >= 4 is 46.7 Å². The van der Waals surface area contributed by atoms with E-state index in [1.165, 1.54) is 18.2 Å². The Kier molecular flexibility index (Phi) is 8.45. The third-order valence-electron chi connectivity index (χ3n) is 5.90. The van der Waals surface area contributed by atoms with Gasteiger partial charge in [0.1, 0.15) is 11.6 Å². The molecule has 0 aromatic heterocycles. The van der Waals surface area contributed by atoms with E-state index in [4.69, 9.17) is 28.9 Å². The smallest absolute Gasteiger partial charge is 0.323 e. The van der Waals surface area contributed by atoms with Gasteiger partial charge >= 0.3 is 6.03 Å². The first kappa shape index (κ1) is 27.3. The molecular weight excluding hydrogens is 539 g/mol. The van der Waals surface area contributed by atoms with Gasteiger partial charge in [-0.2, -0.15) is 0 Å². The zero-order valence-corrected chi connectivity index (χ0v) is 21.4. The van der Waals surface area contributed by atoms with Crippen molar-refractivity contribution in [3.05, 3.63) is 99.0 Å². The highest BCUT2D eigenvalue weighted by atomic mass is 35.5. The number of urea groups is 1. The molecule has 1 saturated heterocycles. The molecule has 0 bridgehead atoms. The van der Waals surface area contributed by atoms with Gasteiger partial charge in [-0.15, -0.1) is 0 Å². The molecule has 1 aliphatic rings. The maximum Gasteiger partial charge on any atom is 0.323 e. The van der Waals surface area contributed by atoms with Gasteiger partial charge in [0.25, 0.3) is 11.8 Å². The fourth-order valence-electron chi connectivity index (χ4n) is 4.10. The number of amides is 4. The molecule has 0 aliphatic carbocycles. The van der Waals surface area contributed by atoms with Crippen molar-refractivity contribution in [3.63, 3.8) is 0 Å². The fourth-order valence-corrected chi connectivity index (χ4v) is 4.39. The molecule has 1 aliphatic heterocycles. The van der Waals surface area contributed by atoms with Crippen LogP contribution in [0.3, 0.4) is 0 Å². The Morgan fingerprint density at radius 1 is 0.895 bits per heavy atom. The zero-order chi connectivity index (χ0) is 27.4. The highest BCUT2D eigenvalue weighted by Gasteiger charge is 2.43. The van der Waals surface area contributed by atoms with Crippen LogP contribution in [0.5, 0.6) is 0 Å². The second-order valence-corrected chi connectivity index (χ2v) is 9.34. The van der Waals surface area contributed by atoms with E-state index in [0.29, 0.717) is 23.3 Å². The lowest BCUT2D eigenvalue weighted by molar-refractivity contribution is -0.128. The van der Waals surface area contributed by atoms with Crippen LogP contribution in [-0.4, -0.2) is 46.9 Å². The number of nitrogens with one attached hydrogen (secondary N) is 2. The van der Waals surface area contributed by atoms with Crippen LogP contribution in [0.25, 0.3) is 0 Å². The van der Waals surface area contributed by atoms with E-state index < -0.39 is 35.6 Å². The van der Waals surface area contributed by atoms with E-state index in [2.05, 4.69) is 10.6 Å². The minimum Gasteiger partial charge on any atom is -0.349 e. The number of carbonyl (C=O) groups excluding carboxylic acids is 3. The van der Waals surface area contributed by atoms with Crippen LogP contribution in [0.1, 0.15) is 21.5 Å². The topological polar surface area (TPSA) is 108 Å². The number of benzene rings is 3. The van der Waals surface area contributed by atoms with Gasteiger partial charge in [0.05, 0.1) is 10.0 Å². The predicted octanol–water partition coefficient (Wildman–Crippen LogP) is 4.36. The Morgan fingerprint density at radius 2 is 1.58 bits per heavy atom. The summed E-state index contributed by atoms with van der Waals surface area (Å²) < 4.78 is 27.6. The SMILES string of the molecule is NCc1cccc(CNC(=O)C2N(C(=O)Nc3ccc(Cl)c(Cl)c3)CCN2C(=O)c2cc(F)cc(F)c2)c1. The Balaban J connectivity index is 1.59. The van der Waals surface area contributed by atoms with E-state index in [9.17, 15) is 23.2 Å². The van der Waals surface area contributed by atoms with Crippen molar-refractivity contribution in [3.8, 4) is 0 Å². The summed E-state index contributed by atoms with van der Waals surface area (Å²) in [4.78, 5) is 42.1. The Morgan fingerprint density at radius 3 is 2.26 bits per heavy atom. The van der Waals surface area contributed by atoms with Crippen LogP contribution < -0.4 is 16.4 Å². The van der Waals surface area contributed by atoms with E-state index in [1.807, 2.05) is 12.1 Å². The molecule has 198 valence electrons. The lowest BCUT2D eigenvalue weighted by Gasteiger charge is -2.29. The van der Waals surface area contributed by atoms with E-state index >= 15 is 0 Å². The summed E-state index contributed by atoms with van der Waals surface area (Å²) in [6.45, 7) is 0.353. The predicted molar refractivity (Wildman–Crippen MR) is 140 cm³/mol. The molecule has 3 aromatic carbocycles. The summed E-state index contributed by atoms with van der Waals surface area (Å²) in [6.07, 6.45) is -1.39. The minimum atomic E-state index is -1.39. The number of halogens is 4. The van der Waals surface area contributed by atoms with Crippen LogP contribution in [-0.2, 0) is 17.9 Å². The lowest BCUT2D eigenvalue weighted by atomic mass is 10.1. The molecule has 4 N–H and O–H groups in total. The Labute approximate surface area is 227 Å². The maximum absolute atomic E-state index is 13.8. The number of hydrogen-bond acceptors (Lipinski definition) is 4. The van der Waals surface area contributed by atoms with Crippen LogP contribution in [0, 0.1) is 11.6 Å². The first-order valence-electron chi connectivity index (χ1n) is 11.5. The zero-order valence-electron chi connectivity index (χ0n) is 19.9. The molecule has 0 radical (unpaired) electrons. The summed E-state index contributed by atoms with van der Waals surface area (Å²) in [6, 6.07) is 13.4. The Hall–Kier alpha value is -3.73. The minimum absolute atomic E-state index is 0.0164. The molecule has 1 atom stereocenters. The van der Waals surface area contributed by atoms with Gasteiger partial charge in [0.15, 0.2) is 6.17 Å². The van der Waals surface area contributed by atoms with Crippen molar-refractivity contribution in [2.45, 2.75) is 19.3 Å². The van der Waals surface area contributed by atoms with Crippen LogP contribution in [0.15, 0.2) is 60.7 Å². The van der Waals surface area contributed by atoms with Gasteiger partial charge in [0, 0.05) is 43.5 Å². The average molecular weight is 562 g/mol. The second-order valence-electron chi connectivity index (χ2n) is 8.52. The van der Waals surface area contributed by atoms with Gasteiger partial charge < -0.3 is 21.3 Å². The van der Waals surface area contributed by atoms with Gasteiger partial charge in [-0.05, 0) is 41.5 Å². The monoisotopic (exact) mass is 561 g/mol. The number of nitrogens with zero attached hydrogens (tertiary/aromatic N) is 2. The van der Waals surface area contributed by atoms with Crippen molar-refractivity contribution in [2.24, 2.45) is 5.73 Å². The Bertz CT molecular complexity index is 1370. The van der Waals surface area contributed by atoms with Crippen molar-refractivity contribution in [1.29, 1.82) is 0 Å². The van der Waals surface area contributed by atoms with Crippen molar-refractivity contribution < 1.29 is 23.2 Å². The molecule has 0 saturated carbocycles. The normalized spacial score (nSPS) is 14.9. The summed E-state index contributed by atoms with van der Waals surface area (Å²) in [5.41, 5.74) is 7.34. The molecule has 4 amide bonds. The second kappa shape index (κ2) is 11.8. The summed E-state index contributed by atoms with van der Waals surface area (Å²) >= 11 is 12.0. The number of rotatable bonds is 6. The largest absolute Gasteiger partial charge is 0.349 e. The first-order chi connectivity index (χ1) is 18.2. The van der Waals surface area contributed by atoms with E-state index in [1.54, 1.807) is 12.1 Å². The number of carbonyl (C=O) groups is 3. The quantitative estimate of drug-likeness (QED) is 0.415. The summed E-state index contributed by atoms with van der Waals surface area (Å²) in [7, 11) is 0. The summed E-state index contributed by atoms with van der Waals surface area (Å²) in [5.74, 6) is -3.35. The molecule has 4 rings (SSSR count). The molecule has 0 spiro atoms. The fraction of sp³-hybridized carbons (Fsp3) is 0.192. The number of nitrogens with two attached hydrogens (primary N) is 1. The lowest BCUT2D eigenvalue weighted by Crippen LogP contribution is -2.54. The summed E-state index contributed by atoms with van der Waals surface area (Å²) in [5, 5.41) is 5.88. The average Bonchev–Trinajstić information content (AvgIpc) is 3.34. The van der Waals surface area contributed by atoms with Crippen LogP contribution in [0.2, 0.25) is 10.0 Å². The molecule has 3 aromatic rings. The standard InChI is InChI=1S/C26H23Cl2F2N5O3/c27-21-5-4-20(12-22(21)28)33-26(38)35-7-6-34(25(37)17-9-18(29)11-19(30)10-17)24(35)23(36)32-14-16-3-1-2-15(8-16)13-31/h1-5,8-12,24H,6-7,13-14,31H2,(H,32,36)(H,33,38). The van der Waals surface area contributed by atoms with Crippen LogP contribution >= 0.6 is 23.2 Å². The third kappa shape index (κ3) is 6.21. The van der Waals surface area contributed by atoms with Gasteiger partial charge in [0.2, 0.25) is 0 Å². The van der Waals surface area contributed by atoms with E-state index in [0.717, 1.165) is 33.1 Å².